The van der Waals surface area contributed by atoms with E-state index in [1.807, 2.05) is 0 Å². The lowest BCUT2D eigenvalue weighted by atomic mass is 10.3. The second kappa shape index (κ2) is 6.83. The van der Waals surface area contributed by atoms with Crippen molar-refractivity contribution in [2.24, 2.45) is 0 Å². The zero-order valence-corrected chi connectivity index (χ0v) is 10.2. The van der Waals surface area contributed by atoms with E-state index in [0.717, 1.165) is 19.0 Å². The minimum absolute atomic E-state index is 0.0998. The van der Waals surface area contributed by atoms with E-state index in [2.05, 4.69) is 17.2 Å². The molecule has 94 valence electrons. The van der Waals surface area contributed by atoms with Crippen molar-refractivity contribution in [3.05, 3.63) is 24.3 Å². The van der Waals surface area contributed by atoms with Crippen molar-refractivity contribution in [2.45, 2.75) is 19.8 Å². The van der Waals surface area contributed by atoms with Gasteiger partial charge in [0, 0.05) is 19.8 Å². The number of pyridine rings is 1. The SMILES string of the molecule is CCCCNC(=O)CN(C)c1ccncc1F. The molecular formula is C12H18FN3O. The molecule has 1 heterocycles. The normalized spacial score (nSPS) is 10.1. The molecule has 1 rings (SSSR count). The molecule has 0 atom stereocenters. The second-order valence-corrected chi connectivity index (χ2v) is 3.89. The molecule has 1 aromatic heterocycles. The summed E-state index contributed by atoms with van der Waals surface area (Å²) in [5, 5.41) is 2.79. The smallest absolute Gasteiger partial charge is 0.239 e. The zero-order valence-electron chi connectivity index (χ0n) is 10.2. The summed E-state index contributed by atoms with van der Waals surface area (Å²) in [7, 11) is 1.68. The topological polar surface area (TPSA) is 45.2 Å². The van der Waals surface area contributed by atoms with Crippen LogP contribution in [0.4, 0.5) is 10.1 Å². The first-order chi connectivity index (χ1) is 8.15. The van der Waals surface area contributed by atoms with Crippen LogP contribution in [0.3, 0.4) is 0 Å². The van der Waals surface area contributed by atoms with Gasteiger partial charge in [0.1, 0.15) is 0 Å². The van der Waals surface area contributed by atoms with Gasteiger partial charge in [0.2, 0.25) is 5.91 Å². The molecule has 1 amide bonds. The number of carbonyl (C=O) groups excluding carboxylic acids is 1. The van der Waals surface area contributed by atoms with Crippen LogP contribution in [0.25, 0.3) is 0 Å². The van der Waals surface area contributed by atoms with Gasteiger partial charge in [-0.2, -0.15) is 0 Å². The standard InChI is InChI=1S/C12H18FN3O/c1-3-4-6-15-12(17)9-16(2)11-5-7-14-8-10(11)13/h5,7-8H,3-4,6,9H2,1-2H3,(H,15,17). The van der Waals surface area contributed by atoms with Crippen LogP contribution in [0.5, 0.6) is 0 Å². The molecule has 0 aliphatic rings. The van der Waals surface area contributed by atoms with Gasteiger partial charge >= 0.3 is 0 Å². The molecule has 0 aromatic carbocycles. The Hall–Kier alpha value is -1.65. The van der Waals surface area contributed by atoms with Crippen LogP contribution in [0.1, 0.15) is 19.8 Å². The number of amides is 1. The number of hydrogen-bond acceptors (Lipinski definition) is 3. The molecule has 0 saturated carbocycles. The third-order valence-electron chi connectivity index (χ3n) is 2.40. The number of aromatic nitrogens is 1. The van der Waals surface area contributed by atoms with Gasteiger partial charge in [0.05, 0.1) is 18.4 Å². The highest BCUT2D eigenvalue weighted by atomic mass is 19.1. The maximum absolute atomic E-state index is 13.4. The number of carbonyl (C=O) groups is 1. The fraction of sp³-hybridized carbons (Fsp3) is 0.500. The van der Waals surface area contributed by atoms with Crippen molar-refractivity contribution in [2.75, 3.05) is 25.0 Å². The number of anilines is 1. The number of likely N-dealkylation sites (N-methyl/N-ethyl adjacent to an activating group) is 1. The summed E-state index contributed by atoms with van der Waals surface area (Å²) < 4.78 is 13.4. The van der Waals surface area contributed by atoms with E-state index in [-0.39, 0.29) is 12.5 Å². The Bertz CT molecular complexity index is 371. The van der Waals surface area contributed by atoms with Gasteiger partial charge in [-0.25, -0.2) is 4.39 Å². The van der Waals surface area contributed by atoms with Gasteiger partial charge in [-0.05, 0) is 12.5 Å². The first-order valence-electron chi connectivity index (χ1n) is 5.72. The molecule has 0 saturated heterocycles. The van der Waals surface area contributed by atoms with Crippen LogP contribution in [-0.2, 0) is 4.79 Å². The van der Waals surface area contributed by atoms with Crippen molar-refractivity contribution in [3.63, 3.8) is 0 Å². The minimum Gasteiger partial charge on any atom is -0.363 e. The predicted octanol–water partition coefficient (Wildman–Crippen LogP) is 1.57. The van der Waals surface area contributed by atoms with E-state index in [9.17, 15) is 9.18 Å². The molecule has 5 heteroatoms. The largest absolute Gasteiger partial charge is 0.363 e. The summed E-state index contributed by atoms with van der Waals surface area (Å²) in [6, 6.07) is 1.55. The zero-order chi connectivity index (χ0) is 12.7. The molecule has 0 aliphatic heterocycles. The summed E-state index contributed by atoms with van der Waals surface area (Å²) >= 11 is 0. The van der Waals surface area contributed by atoms with E-state index in [0.29, 0.717) is 12.2 Å². The third kappa shape index (κ3) is 4.38. The summed E-state index contributed by atoms with van der Waals surface area (Å²) in [5.74, 6) is -0.520. The second-order valence-electron chi connectivity index (χ2n) is 3.89. The molecule has 0 unspecified atom stereocenters. The van der Waals surface area contributed by atoms with Crippen molar-refractivity contribution >= 4 is 11.6 Å². The van der Waals surface area contributed by atoms with Crippen LogP contribution in [0.2, 0.25) is 0 Å². The highest BCUT2D eigenvalue weighted by Crippen LogP contribution is 2.14. The van der Waals surface area contributed by atoms with E-state index < -0.39 is 5.82 Å². The molecule has 17 heavy (non-hydrogen) atoms. The van der Waals surface area contributed by atoms with Crippen molar-refractivity contribution < 1.29 is 9.18 Å². The fourth-order valence-corrected chi connectivity index (χ4v) is 1.44. The summed E-state index contributed by atoms with van der Waals surface area (Å²) in [4.78, 5) is 16.8. The lowest BCUT2D eigenvalue weighted by molar-refractivity contribution is -0.119. The maximum Gasteiger partial charge on any atom is 0.239 e. The molecule has 4 nitrogen and oxygen atoms in total. The van der Waals surface area contributed by atoms with E-state index >= 15 is 0 Å². The Morgan fingerprint density at radius 1 is 1.59 bits per heavy atom. The summed E-state index contributed by atoms with van der Waals surface area (Å²) in [6.07, 6.45) is 4.64. The van der Waals surface area contributed by atoms with Crippen LogP contribution >= 0.6 is 0 Å². The number of halogens is 1. The molecule has 0 radical (unpaired) electrons. The number of hydrogen-bond donors (Lipinski definition) is 1. The first kappa shape index (κ1) is 13.4. The average Bonchev–Trinajstić information content (AvgIpc) is 2.29. The number of nitrogens with one attached hydrogen (secondary N) is 1. The highest BCUT2D eigenvalue weighted by Gasteiger charge is 2.10. The third-order valence-corrected chi connectivity index (χ3v) is 2.40. The molecular weight excluding hydrogens is 221 g/mol. The number of rotatable bonds is 6. The quantitative estimate of drug-likeness (QED) is 0.766. The summed E-state index contributed by atoms with van der Waals surface area (Å²) in [5.41, 5.74) is 0.380. The predicted molar refractivity (Wildman–Crippen MR) is 65.4 cm³/mol. The van der Waals surface area contributed by atoms with Crippen LogP contribution in [-0.4, -0.2) is 31.0 Å². The molecule has 0 fully saturated rings. The minimum atomic E-state index is -0.420. The Kier molecular flexibility index (Phi) is 5.39. The molecule has 0 bridgehead atoms. The van der Waals surface area contributed by atoms with E-state index in [1.165, 1.54) is 6.20 Å². The fourth-order valence-electron chi connectivity index (χ4n) is 1.44. The van der Waals surface area contributed by atoms with Crippen LogP contribution in [0, 0.1) is 5.82 Å². The molecule has 1 N–H and O–H groups in total. The van der Waals surface area contributed by atoms with Gasteiger partial charge in [-0.1, -0.05) is 13.3 Å². The Morgan fingerprint density at radius 2 is 2.35 bits per heavy atom. The van der Waals surface area contributed by atoms with Crippen molar-refractivity contribution in [3.8, 4) is 0 Å². The van der Waals surface area contributed by atoms with Crippen LogP contribution in [0.15, 0.2) is 18.5 Å². The van der Waals surface area contributed by atoms with Gasteiger partial charge in [0.25, 0.3) is 0 Å². The van der Waals surface area contributed by atoms with Gasteiger partial charge in [-0.3, -0.25) is 9.78 Å². The van der Waals surface area contributed by atoms with E-state index in [1.54, 1.807) is 18.0 Å². The van der Waals surface area contributed by atoms with Gasteiger partial charge in [-0.15, -0.1) is 0 Å². The van der Waals surface area contributed by atoms with E-state index in [4.69, 9.17) is 0 Å². The summed E-state index contributed by atoms with van der Waals surface area (Å²) in [6.45, 7) is 2.87. The highest BCUT2D eigenvalue weighted by molar-refractivity contribution is 5.81. The number of nitrogens with zero attached hydrogens (tertiary/aromatic N) is 2. The van der Waals surface area contributed by atoms with Gasteiger partial charge < -0.3 is 10.2 Å². The Labute approximate surface area is 101 Å². The first-order valence-corrected chi connectivity index (χ1v) is 5.72. The monoisotopic (exact) mass is 239 g/mol. The van der Waals surface area contributed by atoms with Crippen LogP contribution < -0.4 is 10.2 Å². The van der Waals surface area contributed by atoms with Crippen molar-refractivity contribution in [1.29, 1.82) is 0 Å². The average molecular weight is 239 g/mol. The Morgan fingerprint density at radius 3 is 3.00 bits per heavy atom. The molecule has 0 spiro atoms. The van der Waals surface area contributed by atoms with Crippen molar-refractivity contribution in [1.82, 2.24) is 10.3 Å². The lowest BCUT2D eigenvalue weighted by Crippen LogP contribution is -2.35. The Balaban J connectivity index is 2.46. The lowest BCUT2D eigenvalue weighted by Gasteiger charge is -2.18. The maximum atomic E-state index is 13.4. The van der Waals surface area contributed by atoms with Gasteiger partial charge in [0.15, 0.2) is 5.82 Å². The molecule has 1 aromatic rings. The molecule has 0 aliphatic carbocycles. The number of unbranched alkanes of at least 4 members (excludes halogenated alkanes) is 1.